The van der Waals surface area contributed by atoms with E-state index in [1.165, 1.54) is 5.69 Å². The van der Waals surface area contributed by atoms with E-state index in [1.54, 1.807) is 0 Å². The fourth-order valence-electron chi connectivity index (χ4n) is 1.56. The van der Waals surface area contributed by atoms with E-state index in [9.17, 15) is 0 Å². The molecule has 0 amide bonds. The zero-order chi connectivity index (χ0) is 11.8. The van der Waals surface area contributed by atoms with Crippen LogP contribution < -0.4 is 5.32 Å². The molecule has 0 aliphatic carbocycles. The van der Waals surface area contributed by atoms with Gasteiger partial charge in [-0.2, -0.15) is 11.8 Å². The Morgan fingerprint density at radius 2 is 2.19 bits per heavy atom. The molecule has 0 radical (unpaired) electrons. The summed E-state index contributed by atoms with van der Waals surface area (Å²) in [6.07, 6.45) is 2.89. The van der Waals surface area contributed by atoms with Crippen molar-refractivity contribution >= 4 is 11.8 Å². The lowest BCUT2D eigenvalue weighted by Gasteiger charge is -2.18. The van der Waals surface area contributed by atoms with Gasteiger partial charge in [0, 0.05) is 30.1 Å². The molecule has 0 fully saturated rings. The summed E-state index contributed by atoms with van der Waals surface area (Å²) in [5.41, 5.74) is 1.18. The molecule has 1 rings (SSSR count). The van der Waals surface area contributed by atoms with Crippen molar-refractivity contribution in [2.45, 2.75) is 38.5 Å². The maximum absolute atomic E-state index is 4.38. The van der Waals surface area contributed by atoms with Crippen LogP contribution in [0.1, 0.15) is 26.5 Å². The Balaban J connectivity index is 2.44. The summed E-state index contributed by atoms with van der Waals surface area (Å²) in [5.74, 6) is 1.15. The fraction of sp³-hybridized carbons (Fsp3) is 0.615. The van der Waals surface area contributed by atoms with Gasteiger partial charge >= 0.3 is 0 Å². The van der Waals surface area contributed by atoms with E-state index in [4.69, 9.17) is 0 Å². The third kappa shape index (κ3) is 5.52. The quantitative estimate of drug-likeness (QED) is 0.790. The van der Waals surface area contributed by atoms with Gasteiger partial charge in [0.2, 0.25) is 0 Å². The van der Waals surface area contributed by atoms with Crippen LogP contribution in [-0.2, 0) is 6.42 Å². The number of hydrogen-bond acceptors (Lipinski definition) is 3. The zero-order valence-corrected chi connectivity index (χ0v) is 11.3. The van der Waals surface area contributed by atoms with E-state index in [0.717, 1.165) is 18.7 Å². The highest BCUT2D eigenvalue weighted by molar-refractivity contribution is 7.99. The predicted octanol–water partition coefficient (Wildman–Crippen LogP) is 2.74. The van der Waals surface area contributed by atoms with Crippen molar-refractivity contribution in [2.24, 2.45) is 0 Å². The number of hydrogen-bond donors (Lipinski definition) is 1. The summed E-state index contributed by atoms with van der Waals surface area (Å²) >= 11 is 2.01. The van der Waals surface area contributed by atoms with Gasteiger partial charge in [-0.1, -0.05) is 26.8 Å². The van der Waals surface area contributed by atoms with Crippen molar-refractivity contribution < 1.29 is 0 Å². The Morgan fingerprint density at radius 1 is 1.38 bits per heavy atom. The molecule has 1 aromatic rings. The second-order valence-electron chi connectivity index (χ2n) is 4.16. The molecule has 1 atom stereocenters. The molecule has 90 valence electrons. The zero-order valence-electron chi connectivity index (χ0n) is 10.4. The van der Waals surface area contributed by atoms with Crippen molar-refractivity contribution in [1.29, 1.82) is 0 Å². The molecule has 1 aromatic heterocycles. The molecule has 0 aromatic carbocycles. The van der Waals surface area contributed by atoms with Crippen molar-refractivity contribution in [3.8, 4) is 0 Å². The molecule has 0 saturated heterocycles. The van der Waals surface area contributed by atoms with Crippen molar-refractivity contribution in [2.75, 3.05) is 12.3 Å². The number of thioether (sulfide) groups is 1. The molecule has 3 heteroatoms. The minimum absolute atomic E-state index is 0.535. The Bertz CT molecular complexity index is 275. The van der Waals surface area contributed by atoms with Crippen LogP contribution >= 0.6 is 11.8 Å². The largest absolute Gasteiger partial charge is 0.313 e. The number of likely N-dealkylation sites (N-methyl/N-ethyl adjacent to an activating group) is 1. The molecule has 1 N–H and O–H groups in total. The molecule has 2 nitrogen and oxygen atoms in total. The lowest BCUT2D eigenvalue weighted by Crippen LogP contribution is -2.33. The molecule has 1 heterocycles. The monoisotopic (exact) mass is 238 g/mol. The Hall–Kier alpha value is -0.540. The lowest BCUT2D eigenvalue weighted by atomic mass is 10.1. The molecule has 0 saturated carbocycles. The van der Waals surface area contributed by atoms with Gasteiger partial charge in [0.25, 0.3) is 0 Å². The smallest absolute Gasteiger partial charge is 0.0419 e. The topological polar surface area (TPSA) is 24.9 Å². The van der Waals surface area contributed by atoms with Gasteiger partial charge in [-0.05, 0) is 23.9 Å². The highest BCUT2D eigenvalue weighted by atomic mass is 32.2. The first-order chi connectivity index (χ1) is 7.72. The second kappa shape index (κ2) is 7.69. The van der Waals surface area contributed by atoms with E-state index in [1.807, 2.05) is 24.0 Å². The second-order valence-corrected chi connectivity index (χ2v) is 5.77. The number of pyridine rings is 1. The van der Waals surface area contributed by atoms with E-state index in [-0.39, 0.29) is 0 Å². The standard InChI is InChI=1S/C13H22N2S/c1-4-14-13(10-16-11(2)3)9-12-7-5-6-8-15-12/h5-8,11,13-14H,4,9-10H2,1-3H3. The van der Waals surface area contributed by atoms with Gasteiger partial charge in [-0.3, -0.25) is 4.98 Å². The minimum atomic E-state index is 0.535. The number of aromatic nitrogens is 1. The van der Waals surface area contributed by atoms with Gasteiger partial charge < -0.3 is 5.32 Å². The summed E-state index contributed by atoms with van der Waals surface area (Å²) < 4.78 is 0. The first-order valence-electron chi connectivity index (χ1n) is 5.97. The third-order valence-electron chi connectivity index (χ3n) is 2.31. The van der Waals surface area contributed by atoms with Crippen LogP contribution in [-0.4, -0.2) is 28.6 Å². The minimum Gasteiger partial charge on any atom is -0.313 e. The van der Waals surface area contributed by atoms with Gasteiger partial charge in [0.1, 0.15) is 0 Å². The molecule has 16 heavy (non-hydrogen) atoms. The van der Waals surface area contributed by atoms with Crippen LogP contribution in [0.4, 0.5) is 0 Å². The highest BCUT2D eigenvalue weighted by Gasteiger charge is 2.09. The van der Waals surface area contributed by atoms with Gasteiger partial charge in [-0.15, -0.1) is 0 Å². The van der Waals surface area contributed by atoms with E-state index in [0.29, 0.717) is 11.3 Å². The first kappa shape index (κ1) is 13.5. The average Bonchev–Trinajstić information content (AvgIpc) is 2.27. The Kier molecular flexibility index (Phi) is 6.50. The van der Waals surface area contributed by atoms with Crippen LogP contribution in [0, 0.1) is 0 Å². The third-order valence-corrected chi connectivity index (χ3v) is 3.57. The molecular formula is C13H22N2S. The normalized spacial score (nSPS) is 13.0. The van der Waals surface area contributed by atoms with Gasteiger partial charge in [-0.25, -0.2) is 0 Å². The molecule has 0 aliphatic rings. The summed E-state index contributed by atoms with van der Waals surface area (Å²) in [6, 6.07) is 6.66. The maximum Gasteiger partial charge on any atom is 0.0419 e. The predicted molar refractivity (Wildman–Crippen MR) is 73.0 cm³/mol. The van der Waals surface area contributed by atoms with Crippen molar-refractivity contribution in [3.63, 3.8) is 0 Å². The van der Waals surface area contributed by atoms with Gasteiger partial charge in [0.15, 0.2) is 0 Å². The van der Waals surface area contributed by atoms with E-state index < -0.39 is 0 Å². The molecule has 0 aliphatic heterocycles. The maximum atomic E-state index is 4.38. The number of nitrogens with zero attached hydrogens (tertiary/aromatic N) is 1. The van der Waals surface area contributed by atoms with Crippen LogP contribution in [0.5, 0.6) is 0 Å². The molecule has 0 spiro atoms. The summed E-state index contributed by atoms with van der Waals surface area (Å²) in [7, 11) is 0. The summed E-state index contributed by atoms with van der Waals surface area (Å²) in [4.78, 5) is 4.38. The molecular weight excluding hydrogens is 216 g/mol. The lowest BCUT2D eigenvalue weighted by molar-refractivity contribution is 0.566. The summed E-state index contributed by atoms with van der Waals surface area (Å²) in [6.45, 7) is 7.67. The highest BCUT2D eigenvalue weighted by Crippen LogP contribution is 2.12. The first-order valence-corrected chi connectivity index (χ1v) is 7.02. The summed E-state index contributed by atoms with van der Waals surface area (Å²) in [5, 5.41) is 4.22. The van der Waals surface area contributed by atoms with Gasteiger partial charge in [0.05, 0.1) is 0 Å². The van der Waals surface area contributed by atoms with Crippen molar-refractivity contribution in [1.82, 2.24) is 10.3 Å². The van der Waals surface area contributed by atoms with Crippen LogP contribution in [0.15, 0.2) is 24.4 Å². The molecule has 0 bridgehead atoms. The number of rotatable bonds is 7. The number of nitrogens with one attached hydrogen (secondary N) is 1. The van der Waals surface area contributed by atoms with Crippen LogP contribution in [0.2, 0.25) is 0 Å². The SMILES string of the molecule is CCNC(CSC(C)C)Cc1ccccn1. The van der Waals surface area contributed by atoms with Crippen LogP contribution in [0.25, 0.3) is 0 Å². The molecule has 1 unspecified atom stereocenters. The average molecular weight is 238 g/mol. The Morgan fingerprint density at radius 3 is 2.75 bits per heavy atom. The van der Waals surface area contributed by atoms with Crippen LogP contribution in [0.3, 0.4) is 0 Å². The van der Waals surface area contributed by atoms with E-state index >= 15 is 0 Å². The Labute approximate surface area is 103 Å². The van der Waals surface area contributed by atoms with E-state index in [2.05, 4.69) is 43.2 Å². The fourth-order valence-corrected chi connectivity index (χ4v) is 2.41. The van der Waals surface area contributed by atoms with Crippen molar-refractivity contribution in [3.05, 3.63) is 30.1 Å².